The minimum absolute atomic E-state index is 0.171. The summed E-state index contributed by atoms with van der Waals surface area (Å²) in [7, 11) is 1.65. The number of amides is 3. The van der Waals surface area contributed by atoms with Crippen molar-refractivity contribution in [3.8, 4) is 5.75 Å². The molecule has 5 heteroatoms. The second-order valence-electron chi connectivity index (χ2n) is 5.54. The Hall–Kier alpha value is -2.04. The standard InChI is InChI=1S/C15H18N2O3/c1-20-12-4-2-10(3-5-12)11-6-8-15(9-7-11)13(18)16-14(19)17-15/h2-5,11H,6-9H2,1H3,(H2,16,17,18,19)/t11-,15+. The second kappa shape index (κ2) is 4.81. The van der Waals surface area contributed by atoms with Gasteiger partial charge in [-0.15, -0.1) is 0 Å². The molecule has 0 unspecified atom stereocenters. The van der Waals surface area contributed by atoms with Gasteiger partial charge in [-0.05, 0) is 49.3 Å². The number of hydrogen-bond donors (Lipinski definition) is 2. The van der Waals surface area contributed by atoms with Gasteiger partial charge in [0.1, 0.15) is 11.3 Å². The van der Waals surface area contributed by atoms with Crippen LogP contribution in [0.5, 0.6) is 5.75 Å². The van der Waals surface area contributed by atoms with E-state index in [9.17, 15) is 9.59 Å². The molecule has 1 saturated heterocycles. The Kier molecular flexibility index (Phi) is 3.12. The molecule has 0 bridgehead atoms. The van der Waals surface area contributed by atoms with E-state index in [1.54, 1.807) is 7.11 Å². The molecular formula is C15H18N2O3. The smallest absolute Gasteiger partial charge is 0.322 e. The van der Waals surface area contributed by atoms with Crippen LogP contribution in [-0.2, 0) is 4.79 Å². The highest BCUT2D eigenvalue weighted by molar-refractivity contribution is 6.07. The third-order valence-electron chi connectivity index (χ3n) is 4.44. The molecule has 1 aliphatic heterocycles. The van der Waals surface area contributed by atoms with Gasteiger partial charge in [-0.25, -0.2) is 4.79 Å². The van der Waals surface area contributed by atoms with Crippen LogP contribution < -0.4 is 15.4 Å². The van der Waals surface area contributed by atoms with Gasteiger partial charge in [0.05, 0.1) is 7.11 Å². The number of carbonyl (C=O) groups is 2. The molecule has 1 heterocycles. The molecule has 0 radical (unpaired) electrons. The Balaban J connectivity index is 1.69. The van der Waals surface area contributed by atoms with Crippen LogP contribution in [0.4, 0.5) is 4.79 Å². The molecule has 1 aliphatic carbocycles. The van der Waals surface area contributed by atoms with Crippen molar-refractivity contribution in [3.05, 3.63) is 29.8 Å². The molecule has 1 aromatic rings. The summed E-state index contributed by atoms with van der Waals surface area (Å²) in [4.78, 5) is 23.2. The van der Waals surface area contributed by atoms with E-state index < -0.39 is 5.54 Å². The molecule has 2 N–H and O–H groups in total. The van der Waals surface area contributed by atoms with E-state index in [4.69, 9.17) is 4.74 Å². The van der Waals surface area contributed by atoms with Gasteiger partial charge in [0, 0.05) is 0 Å². The number of hydrogen-bond acceptors (Lipinski definition) is 3. The summed E-state index contributed by atoms with van der Waals surface area (Å²) in [5, 5.41) is 5.13. The van der Waals surface area contributed by atoms with Gasteiger partial charge in [-0.2, -0.15) is 0 Å². The first kappa shape index (κ1) is 13.0. The predicted molar refractivity (Wildman–Crippen MR) is 73.6 cm³/mol. The zero-order valence-corrected chi connectivity index (χ0v) is 11.4. The van der Waals surface area contributed by atoms with E-state index in [0.29, 0.717) is 18.8 Å². The van der Waals surface area contributed by atoms with E-state index in [2.05, 4.69) is 22.8 Å². The molecule has 1 saturated carbocycles. The zero-order chi connectivity index (χ0) is 14.2. The first-order chi connectivity index (χ1) is 9.63. The maximum atomic E-state index is 11.9. The molecule has 5 nitrogen and oxygen atoms in total. The molecule has 3 rings (SSSR count). The Morgan fingerprint density at radius 3 is 2.30 bits per heavy atom. The third kappa shape index (κ3) is 2.13. The van der Waals surface area contributed by atoms with Crippen molar-refractivity contribution in [1.82, 2.24) is 10.6 Å². The van der Waals surface area contributed by atoms with Gasteiger partial charge in [0.2, 0.25) is 0 Å². The Labute approximate surface area is 117 Å². The fourth-order valence-corrected chi connectivity index (χ4v) is 3.20. The SMILES string of the molecule is COc1ccc([C@H]2CC[C@]3(CC2)NC(=O)NC3=O)cc1. The zero-order valence-electron chi connectivity index (χ0n) is 11.4. The minimum atomic E-state index is -0.667. The van der Waals surface area contributed by atoms with E-state index in [0.717, 1.165) is 18.6 Å². The molecule has 1 spiro atoms. The van der Waals surface area contributed by atoms with Crippen LogP contribution in [-0.4, -0.2) is 24.6 Å². The van der Waals surface area contributed by atoms with Crippen molar-refractivity contribution in [3.63, 3.8) is 0 Å². The van der Waals surface area contributed by atoms with Crippen LogP contribution in [0.2, 0.25) is 0 Å². The summed E-state index contributed by atoms with van der Waals surface area (Å²) in [6.07, 6.45) is 3.20. The number of imide groups is 1. The lowest BCUT2D eigenvalue weighted by atomic mass is 9.74. The maximum absolute atomic E-state index is 11.9. The van der Waals surface area contributed by atoms with Crippen LogP contribution in [0, 0.1) is 0 Å². The highest BCUT2D eigenvalue weighted by atomic mass is 16.5. The average molecular weight is 274 g/mol. The van der Waals surface area contributed by atoms with Gasteiger partial charge in [-0.1, -0.05) is 12.1 Å². The number of nitrogens with one attached hydrogen (secondary N) is 2. The summed E-state index contributed by atoms with van der Waals surface area (Å²) in [6, 6.07) is 7.72. The molecule has 106 valence electrons. The maximum Gasteiger partial charge on any atom is 0.322 e. The first-order valence-electron chi connectivity index (χ1n) is 6.90. The lowest BCUT2D eigenvalue weighted by Gasteiger charge is -2.34. The van der Waals surface area contributed by atoms with Crippen LogP contribution in [0.15, 0.2) is 24.3 Å². The Morgan fingerprint density at radius 2 is 1.80 bits per heavy atom. The topological polar surface area (TPSA) is 67.4 Å². The normalized spacial score (nSPS) is 29.1. The van der Waals surface area contributed by atoms with Crippen LogP contribution >= 0.6 is 0 Å². The van der Waals surface area contributed by atoms with Gasteiger partial charge in [-0.3, -0.25) is 10.1 Å². The Bertz CT molecular complexity index is 531. The van der Waals surface area contributed by atoms with Crippen LogP contribution in [0.1, 0.15) is 37.2 Å². The van der Waals surface area contributed by atoms with Crippen LogP contribution in [0.25, 0.3) is 0 Å². The van der Waals surface area contributed by atoms with E-state index in [-0.39, 0.29) is 11.9 Å². The van der Waals surface area contributed by atoms with Crippen molar-refractivity contribution in [2.75, 3.05) is 7.11 Å². The third-order valence-corrected chi connectivity index (χ3v) is 4.44. The van der Waals surface area contributed by atoms with Crippen molar-refractivity contribution >= 4 is 11.9 Å². The monoisotopic (exact) mass is 274 g/mol. The fourth-order valence-electron chi connectivity index (χ4n) is 3.20. The van der Waals surface area contributed by atoms with Crippen molar-refractivity contribution < 1.29 is 14.3 Å². The van der Waals surface area contributed by atoms with Crippen LogP contribution in [0.3, 0.4) is 0 Å². The van der Waals surface area contributed by atoms with E-state index in [1.807, 2.05) is 12.1 Å². The number of benzene rings is 1. The molecule has 3 amide bonds. The highest BCUT2D eigenvalue weighted by Crippen LogP contribution is 2.39. The van der Waals surface area contributed by atoms with E-state index in [1.165, 1.54) is 5.56 Å². The summed E-state index contributed by atoms with van der Waals surface area (Å²) in [5.41, 5.74) is 0.602. The summed E-state index contributed by atoms with van der Waals surface area (Å²) < 4.78 is 5.16. The summed E-state index contributed by atoms with van der Waals surface area (Å²) in [6.45, 7) is 0. The highest BCUT2D eigenvalue weighted by Gasteiger charge is 2.48. The average Bonchev–Trinajstić information content (AvgIpc) is 2.74. The molecule has 0 aromatic heterocycles. The van der Waals surface area contributed by atoms with Crippen molar-refractivity contribution in [2.45, 2.75) is 37.1 Å². The number of carbonyl (C=O) groups excluding carboxylic acids is 2. The molecule has 20 heavy (non-hydrogen) atoms. The molecule has 1 aromatic carbocycles. The quantitative estimate of drug-likeness (QED) is 0.810. The van der Waals surface area contributed by atoms with Gasteiger partial charge < -0.3 is 10.1 Å². The molecule has 2 aliphatic rings. The number of ether oxygens (including phenoxy) is 1. The lowest BCUT2D eigenvalue weighted by Crippen LogP contribution is -2.49. The van der Waals surface area contributed by atoms with Gasteiger partial charge >= 0.3 is 6.03 Å². The predicted octanol–water partition coefficient (Wildman–Crippen LogP) is 1.93. The molecule has 2 fully saturated rings. The molecule has 0 atom stereocenters. The number of rotatable bonds is 2. The number of methoxy groups -OCH3 is 1. The fraction of sp³-hybridized carbons (Fsp3) is 0.467. The second-order valence-corrected chi connectivity index (χ2v) is 5.54. The largest absolute Gasteiger partial charge is 0.497 e. The lowest BCUT2D eigenvalue weighted by molar-refractivity contribution is -0.125. The van der Waals surface area contributed by atoms with Crippen molar-refractivity contribution in [1.29, 1.82) is 0 Å². The van der Waals surface area contributed by atoms with Gasteiger partial charge in [0.15, 0.2) is 0 Å². The van der Waals surface area contributed by atoms with Crippen molar-refractivity contribution in [2.24, 2.45) is 0 Å². The minimum Gasteiger partial charge on any atom is -0.497 e. The summed E-state index contributed by atoms with van der Waals surface area (Å²) in [5.74, 6) is 1.12. The summed E-state index contributed by atoms with van der Waals surface area (Å²) >= 11 is 0. The molecular weight excluding hydrogens is 256 g/mol. The van der Waals surface area contributed by atoms with E-state index >= 15 is 0 Å². The van der Waals surface area contributed by atoms with Gasteiger partial charge in [0.25, 0.3) is 5.91 Å². The first-order valence-corrected chi connectivity index (χ1v) is 6.90. The number of urea groups is 1. The Morgan fingerprint density at radius 1 is 1.15 bits per heavy atom.